The van der Waals surface area contributed by atoms with E-state index in [1.807, 2.05) is 0 Å². The number of hydrogen-bond donors (Lipinski definition) is 0. The fourth-order valence-corrected chi connectivity index (χ4v) is 3.42. The molecule has 0 atom stereocenters. The van der Waals surface area contributed by atoms with Crippen molar-refractivity contribution in [2.75, 3.05) is 13.2 Å². The van der Waals surface area contributed by atoms with Gasteiger partial charge >= 0.3 is 11.9 Å². The second-order valence-corrected chi connectivity index (χ2v) is 9.20. The highest BCUT2D eigenvalue weighted by molar-refractivity contribution is 5.99. The van der Waals surface area contributed by atoms with Crippen LogP contribution in [0.2, 0.25) is 0 Å². The van der Waals surface area contributed by atoms with Crippen molar-refractivity contribution in [2.45, 2.75) is 137 Å². The van der Waals surface area contributed by atoms with Crippen molar-refractivity contribution in [3.63, 3.8) is 0 Å². The summed E-state index contributed by atoms with van der Waals surface area (Å²) in [5.41, 5.74) is -1.22. The van der Waals surface area contributed by atoms with Gasteiger partial charge in [-0.2, -0.15) is 0 Å². The molecular weight excluding hydrogens is 376 g/mol. The first kappa shape index (κ1) is 28.9. The van der Waals surface area contributed by atoms with Crippen molar-refractivity contribution in [3.05, 3.63) is 0 Å². The van der Waals surface area contributed by atoms with Gasteiger partial charge in [-0.25, -0.2) is 0 Å². The summed E-state index contributed by atoms with van der Waals surface area (Å²) in [6.45, 7) is 8.36. The van der Waals surface area contributed by atoms with Crippen molar-refractivity contribution < 1.29 is 19.1 Å². The van der Waals surface area contributed by atoms with Gasteiger partial charge in [0.25, 0.3) is 0 Å². The molecule has 0 saturated heterocycles. The molecule has 0 aromatic rings. The number of hydrogen-bond acceptors (Lipinski definition) is 4. The van der Waals surface area contributed by atoms with Crippen LogP contribution in [0.1, 0.15) is 137 Å². The Balaban J connectivity index is 3.59. The van der Waals surface area contributed by atoms with E-state index >= 15 is 0 Å². The van der Waals surface area contributed by atoms with Gasteiger partial charge < -0.3 is 9.47 Å². The van der Waals surface area contributed by atoms with Gasteiger partial charge in [-0.1, -0.05) is 110 Å². The van der Waals surface area contributed by atoms with E-state index in [1.165, 1.54) is 70.6 Å². The van der Waals surface area contributed by atoms with Crippen LogP contribution < -0.4 is 0 Å². The lowest BCUT2D eigenvalue weighted by atomic mass is 9.94. The molecule has 0 aliphatic heterocycles. The number of rotatable bonds is 21. The van der Waals surface area contributed by atoms with Crippen LogP contribution in [0.3, 0.4) is 0 Å². The molecular formula is C26H50O4. The Morgan fingerprint density at radius 1 is 0.500 bits per heavy atom. The Hall–Kier alpha value is -1.06. The van der Waals surface area contributed by atoms with Crippen LogP contribution in [0.5, 0.6) is 0 Å². The highest BCUT2D eigenvalue weighted by atomic mass is 16.6. The Labute approximate surface area is 186 Å². The monoisotopic (exact) mass is 426 g/mol. The van der Waals surface area contributed by atoms with Crippen molar-refractivity contribution in [3.8, 4) is 0 Å². The van der Waals surface area contributed by atoms with E-state index in [0.29, 0.717) is 13.2 Å². The maximum atomic E-state index is 12.2. The van der Waals surface area contributed by atoms with E-state index in [9.17, 15) is 9.59 Å². The summed E-state index contributed by atoms with van der Waals surface area (Å²) in [5, 5.41) is 0. The molecule has 0 aliphatic rings. The maximum Gasteiger partial charge on any atom is 0.322 e. The van der Waals surface area contributed by atoms with Crippen LogP contribution in [0.25, 0.3) is 0 Å². The fraction of sp³-hybridized carbons (Fsp3) is 0.923. The number of unbranched alkanes of at least 4 members (excludes halogenated alkanes) is 15. The van der Waals surface area contributed by atoms with Crippen molar-refractivity contribution >= 4 is 11.9 Å². The lowest BCUT2D eigenvalue weighted by Gasteiger charge is -2.20. The molecule has 0 aromatic carbocycles. The van der Waals surface area contributed by atoms with Gasteiger partial charge in [0, 0.05) is 0 Å². The second kappa shape index (κ2) is 19.9. The number of carbonyl (C=O) groups is 2. The van der Waals surface area contributed by atoms with Gasteiger partial charge in [0.15, 0.2) is 5.41 Å². The van der Waals surface area contributed by atoms with E-state index in [2.05, 4.69) is 13.8 Å². The van der Waals surface area contributed by atoms with Gasteiger partial charge in [0.2, 0.25) is 0 Å². The van der Waals surface area contributed by atoms with E-state index in [0.717, 1.165) is 38.5 Å². The zero-order valence-corrected chi connectivity index (χ0v) is 20.6. The molecule has 0 fully saturated rings. The first-order valence-corrected chi connectivity index (χ1v) is 12.8. The van der Waals surface area contributed by atoms with Crippen molar-refractivity contribution in [1.29, 1.82) is 0 Å². The minimum absolute atomic E-state index is 0.383. The van der Waals surface area contributed by atoms with Crippen LogP contribution in [0.4, 0.5) is 0 Å². The summed E-state index contributed by atoms with van der Waals surface area (Å²) in [6.07, 6.45) is 20.9. The number of esters is 2. The number of ether oxygens (including phenoxy) is 2. The quantitative estimate of drug-likeness (QED) is 0.107. The second-order valence-electron chi connectivity index (χ2n) is 9.20. The molecule has 0 N–H and O–H groups in total. The van der Waals surface area contributed by atoms with E-state index < -0.39 is 17.4 Å². The van der Waals surface area contributed by atoms with E-state index in [-0.39, 0.29) is 0 Å². The maximum absolute atomic E-state index is 12.2. The molecule has 0 aliphatic carbocycles. The summed E-state index contributed by atoms with van der Waals surface area (Å²) in [7, 11) is 0. The summed E-state index contributed by atoms with van der Waals surface area (Å²) in [5.74, 6) is -0.950. The van der Waals surface area contributed by atoms with Crippen LogP contribution in [0.15, 0.2) is 0 Å². The molecule has 0 spiro atoms. The molecule has 30 heavy (non-hydrogen) atoms. The first-order chi connectivity index (χ1) is 14.5. The normalized spacial score (nSPS) is 11.5. The summed E-state index contributed by atoms with van der Waals surface area (Å²) < 4.78 is 10.6. The summed E-state index contributed by atoms with van der Waals surface area (Å²) in [4.78, 5) is 24.4. The smallest absolute Gasteiger partial charge is 0.322 e. The molecule has 0 amide bonds. The third kappa shape index (κ3) is 15.7. The predicted octanol–water partition coefficient (Wildman–Crippen LogP) is 7.77. The third-order valence-corrected chi connectivity index (χ3v) is 5.73. The van der Waals surface area contributed by atoms with Gasteiger partial charge in [0.05, 0.1) is 13.2 Å². The van der Waals surface area contributed by atoms with Crippen molar-refractivity contribution in [1.82, 2.24) is 0 Å². The minimum atomic E-state index is -1.22. The van der Waals surface area contributed by atoms with Crippen molar-refractivity contribution in [2.24, 2.45) is 5.41 Å². The molecule has 0 aromatic heterocycles. The Morgan fingerprint density at radius 3 is 1.10 bits per heavy atom. The Kier molecular flexibility index (Phi) is 19.2. The molecule has 0 radical (unpaired) electrons. The fourth-order valence-electron chi connectivity index (χ4n) is 3.42. The van der Waals surface area contributed by atoms with Gasteiger partial charge in [-0.3, -0.25) is 9.59 Å². The topological polar surface area (TPSA) is 52.6 Å². The van der Waals surface area contributed by atoms with Gasteiger partial charge in [-0.05, 0) is 26.7 Å². The lowest BCUT2D eigenvalue weighted by molar-refractivity contribution is -0.169. The molecule has 0 rings (SSSR count). The Morgan fingerprint density at radius 2 is 0.767 bits per heavy atom. The van der Waals surface area contributed by atoms with E-state index in [1.54, 1.807) is 13.8 Å². The molecule has 0 saturated carbocycles. The standard InChI is InChI=1S/C26H50O4/c1-5-7-9-11-12-13-14-15-16-17-18-19-21-23-30-25(28)26(3,4)24(27)29-22-20-10-8-6-2/h5-23H2,1-4H3. The van der Waals surface area contributed by atoms with Crippen LogP contribution in [-0.2, 0) is 19.1 Å². The lowest BCUT2D eigenvalue weighted by Crippen LogP contribution is -2.37. The molecule has 4 nitrogen and oxygen atoms in total. The Bertz CT molecular complexity index is 417. The minimum Gasteiger partial charge on any atom is -0.465 e. The zero-order chi connectivity index (χ0) is 22.5. The number of carbonyl (C=O) groups excluding carboxylic acids is 2. The largest absolute Gasteiger partial charge is 0.465 e. The molecule has 0 bridgehead atoms. The summed E-state index contributed by atoms with van der Waals surface area (Å²) >= 11 is 0. The average molecular weight is 427 g/mol. The zero-order valence-electron chi connectivity index (χ0n) is 20.6. The summed E-state index contributed by atoms with van der Waals surface area (Å²) in [6, 6.07) is 0. The molecule has 0 unspecified atom stereocenters. The van der Waals surface area contributed by atoms with Gasteiger partial charge in [0.1, 0.15) is 0 Å². The van der Waals surface area contributed by atoms with Crippen LogP contribution in [-0.4, -0.2) is 25.2 Å². The highest BCUT2D eigenvalue weighted by Gasteiger charge is 2.39. The average Bonchev–Trinajstić information content (AvgIpc) is 2.73. The van der Waals surface area contributed by atoms with Crippen LogP contribution in [0, 0.1) is 5.41 Å². The molecule has 178 valence electrons. The first-order valence-electron chi connectivity index (χ1n) is 12.8. The van der Waals surface area contributed by atoms with Crippen LogP contribution >= 0.6 is 0 Å². The van der Waals surface area contributed by atoms with Gasteiger partial charge in [-0.15, -0.1) is 0 Å². The third-order valence-electron chi connectivity index (χ3n) is 5.73. The van der Waals surface area contributed by atoms with E-state index in [4.69, 9.17) is 9.47 Å². The predicted molar refractivity (Wildman–Crippen MR) is 126 cm³/mol. The highest BCUT2D eigenvalue weighted by Crippen LogP contribution is 2.20. The molecule has 0 heterocycles. The molecule has 4 heteroatoms. The SMILES string of the molecule is CCCCCCCCCCCCCCCOC(=O)C(C)(C)C(=O)OCCCCCC.